The number of aryl methyl sites for hydroxylation is 2. The van der Waals surface area contributed by atoms with Gasteiger partial charge in [0.1, 0.15) is 0 Å². The number of piperidine rings is 1. The lowest BCUT2D eigenvalue weighted by atomic mass is 9.95. The van der Waals surface area contributed by atoms with Gasteiger partial charge in [-0.05, 0) is 61.6 Å². The molecule has 1 fully saturated rings. The summed E-state index contributed by atoms with van der Waals surface area (Å²) in [5.74, 6) is 0.0255. The number of hydrogen-bond acceptors (Lipinski definition) is 2. The first-order valence-corrected chi connectivity index (χ1v) is 9.71. The summed E-state index contributed by atoms with van der Waals surface area (Å²) in [6.45, 7) is 5.70. The van der Waals surface area contributed by atoms with Crippen LogP contribution in [0, 0.1) is 19.8 Å². The molecule has 4 nitrogen and oxygen atoms in total. The molecule has 0 aromatic heterocycles. The van der Waals surface area contributed by atoms with E-state index in [0.717, 1.165) is 16.7 Å². The third-order valence-electron chi connectivity index (χ3n) is 5.32. The fourth-order valence-electron chi connectivity index (χ4n) is 3.37. The molecule has 0 aliphatic carbocycles. The van der Waals surface area contributed by atoms with E-state index in [2.05, 4.69) is 5.32 Å². The number of carbonyl (C=O) groups is 2. The van der Waals surface area contributed by atoms with Gasteiger partial charge in [-0.15, -0.1) is 0 Å². The lowest BCUT2D eigenvalue weighted by molar-refractivity contribution is -0.126. The van der Waals surface area contributed by atoms with Gasteiger partial charge in [0.05, 0.1) is 0 Å². The van der Waals surface area contributed by atoms with E-state index in [1.165, 1.54) is 5.56 Å². The van der Waals surface area contributed by atoms with Gasteiger partial charge in [-0.25, -0.2) is 0 Å². The van der Waals surface area contributed by atoms with E-state index in [4.69, 9.17) is 11.6 Å². The third-order valence-corrected chi connectivity index (χ3v) is 5.69. The van der Waals surface area contributed by atoms with Crippen molar-refractivity contribution in [3.05, 3.63) is 69.7 Å². The van der Waals surface area contributed by atoms with E-state index in [1.54, 1.807) is 0 Å². The molecular formula is C22H25ClN2O2. The summed E-state index contributed by atoms with van der Waals surface area (Å²) in [5, 5.41) is 3.63. The summed E-state index contributed by atoms with van der Waals surface area (Å²) >= 11 is 6.13. The first-order chi connectivity index (χ1) is 13.0. The monoisotopic (exact) mass is 384 g/mol. The van der Waals surface area contributed by atoms with E-state index >= 15 is 0 Å². The van der Waals surface area contributed by atoms with Crippen LogP contribution in [0.15, 0.2) is 42.5 Å². The van der Waals surface area contributed by atoms with Gasteiger partial charge in [-0.1, -0.05) is 35.9 Å². The molecule has 0 atom stereocenters. The topological polar surface area (TPSA) is 49.4 Å². The zero-order valence-electron chi connectivity index (χ0n) is 15.8. The highest BCUT2D eigenvalue weighted by atomic mass is 35.5. The Labute approximate surface area is 165 Å². The van der Waals surface area contributed by atoms with Crippen molar-refractivity contribution >= 4 is 23.4 Å². The number of nitrogens with one attached hydrogen (secondary N) is 1. The zero-order valence-corrected chi connectivity index (χ0v) is 16.6. The maximum atomic E-state index is 12.7. The van der Waals surface area contributed by atoms with Crippen molar-refractivity contribution in [2.75, 3.05) is 13.1 Å². The Balaban J connectivity index is 1.52. The van der Waals surface area contributed by atoms with Crippen molar-refractivity contribution in [1.82, 2.24) is 10.2 Å². The lowest BCUT2D eigenvalue weighted by Gasteiger charge is -2.31. The van der Waals surface area contributed by atoms with Crippen LogP contribution in [0.5, 0.6) is 0 Å². The second kappa shape index (κ2) is 8.57. The van der Waals surface area contributed by atoms with Crippen molar-refractivity contribution in [2.24, 2.45) is 5.92 Å². The van der Waals surface area contributed by atoms with E-state index in [-0.39, 0.29) is 17.7 Å². The fourth-order valence-corrected chi connectivity index (χ4v) is 3.57. The molecular weight excluding hydrogens is 360 g/mol. The Morgan fingerprint density at radius 2 is 1.78 bits per heavy atom. The molecule has 1 heterocycles. The molecule has 2 aromatic rings. The molecule has 0 spiro atoms. The predicted molar refractivity (Wildman–Crippen MR) is 108 cm³/mol. The van der Waals surface area contributed by atoms with Crippen molar-refractivity contribution in [1.29, 1.82) is 0 Å². The van der Waals surface area contributed by atoms with Gasteiger partial charge < -0.3 is 10.2 Å². The number of rotatable bonds is 4. The van der Waals surface area contributed by atoms with E-state index < -0.39 is 0 Å². The molecule has 0 bridgehead atoms. The quantitative estimate of drug-likeness (QED) is 0.861. The molecule has 27 heavy (non-hydrogen) atoms. The normalized spacial score (nSPS) is 14.9. The Kier molecular flexibility index (Phi) is 6.17. The number of carbonyl (C=O) groups excluding carboxylic acids is 2. The minimum absolute atomic E-state index is 0.0354. The van der Waals surface area contributed by atoms with Crippen LogP contribution in [0.1, 0.15) is 39.9 Å². The molecule has 0 saturated carbocycles. The second-order valence-electron chi connectivity index (χ2n) is 7.17. The Morgan fingerprint density at radius 3 is 2.44 bits per heavy atom. The third kappa shape index (κ3) is 4.69. The largest absolute Gasteiger partial charge is 0.352 e. The number of hydrogen-bond donors (Lipinski definition) is 1. The zero-order chi connectivity index (χ0) is 19.4. The predicted octanol–water partition coefficient (Wildman–Crippen LogP) is 4.13. The van der Waals surface area contributed by atoms with Crippen molar-refractivity contribution in [3.8, 4) is 0 Å². The van der Waals surface area contributed by atoms with Gasteiger partial charge in [-0.3, -0.25) is 9.59 Å². The van der Waals surface area contributed by atoms with E-state index in [9.17, 15) is 9.59 Å². The number of likely N-dealkylation sites (tertiary alicyclic amines) is 1. The average Bonchev–Trinajstić information content (AvgIpc) is 2.69. The fraction of sp³-hybridized carbons (Fsp3) is 0.364. The van der Waals surface area contributed by atoms with Gasteiger partial charge >= 0.3 is 0 Å². The van der Waals surface area contributed by atoms with Crippen molar-refractivity contribution < 1.29 is 9.59 Å². The highest BCUT2D eigenvalue weighted by Crippen LogP contribution is 2.21. The second-order valence-corrected chi connectivity index (χ2v) is 7.58. The molecule has 1 aliphatic rings. The molecule has 2 aromatic carbocycles. The maximum absolute atomic E-state index is 12.7. The smallest absolute Gasteiger partial charge is 0.253 e. The number of nitrogens with zero attached hydrogens (tertiary/aromatic N) is 1. The summed E-state index contributed by atoms with van der Waals surface area (Å²) in [5.41, 5.74) is 3.93. The summed E-state index contributed by atoms with van der Waals surface area (Å²) in [6, 6.07) is 13.3. The molecule has 1 saturated heterocycles. The highest BCUT2D eigenvalue weighted by Gasteiger charge is 2.27. The van der Waals surface area contributed by atoms with Crippen LogP contribution in [-0.2, 0) is 11.3 Å². The summed E-state index contributed by atoms with van der Waals surface area (Å²) in [6.07, 6.45) is 1.37. The first kappa shape index (κ1) is 19.4. The molecule has 142 valence electrons. The number of benzene rings is 2. The van der Waals surface area contributed by atoms with Crippen LogP contribution < -0.4 is 5.32 Å². The van der Waals surface area contributed by atoms with Crippen molar-refractivity contribution in [3.63, 3.8) is 0 Å². The van der Waals surface area contributed by atoms with E-state index in [0.29, 0.717) is 37.5 Å². The van der Waals surface area contributed by atoms with Crippen LogP contribution >= 0.6 is 11.6 Å². The van der Waals surface area contributed by atoms with Gasteiger partial charge in [0.2, 0.25) is 5.91 Å². The molecule has 1 aliphatic heterocycles. The molecule has 3 rings (SSSR count). The standard InChI is InChI=1S/C22H25ClN2O2/c1-15-7-8-18(13-16(15)2)22(27)25-11-9-17(10-12-25)21(26)24-14-19-5-3-4-6-20(19)23/h3-8,13,17H,9-12,14H2,1-2H3,(H,24,26). The van der Waals surface area contributed by atoms with Crippen LogP contribution in [0.25, 0.3) is 0 Å². The molecule has 2 amide bonds. The van der Waals surface area contributed by atoms with E-state index in [1.807, 2.05) is 61.2 Å². The minimum Gasteiger partial charge on any atom is -0.352 e. The molecule has 5 heteroatoms. The van der Waals surface area contributed by atoms with Gasteiger partial charge in [0.25, 0.3) is 5.91 Å². The summed E-state index contributed by atoms with van der Waals surface area (Å²) < 4.78 is 0. The minimum atomic E-state index is -0.0590. The number of halogens is 1. The Morgan fingerprint density at radius 1 is 1.07 bits per heavy atom. The molecule has 0 radical (unpaired) electrons. The Bertz CT molecular complexity index is 842. The first-order valence-electron chi connectivity index (χ1n) is 9.33. The highest BCUT2D eigenvalue weighted by molar-refractivity contribution is 6.31. The SMILES string of the molecule is Cc1ccc(C(=O)N2CCC(C(=O)NCc3ccccc3Cl)CC2)cc1C. The average molecular weight is 385 g/mol. The van der Waals surface area contributed by atoms with Crippen LogP contribution in [0.4, 0.5) is 0 Å². The van der Waals surface area contributed by atoms with Crippen LogP contribution in [-0.4, -0.2) is 29.8 Å². The molecule has 1 N–H and O–H groups in total. The van der Waals surface area contributed by atoms with Gasteiger partial charge in [0.15, 0.2) is 0 Å². The van der Waals surface area contributed by atoms with Crippen LogP contribution in [0.3, 0.4) is 0 Å². The van der Waals surface area contributed by atoms with Gasteiger partial charge in [0, 0.05) is 36.1 Å². The van der Waals surface area contributed by atoms with Crippen LogP contribution in [0.2, 0.25) is 5.02 Å². The summed E-state index contributed by atoms with van der Waals surface area (Å²) in [7, 11) is 0. The van der Waals surface area contributed by atoms with Crippen molar-refractivity contribution in [2.45, 2.75) is 33.2 Å². The Hall–Kier alpha value is -2.33. The van der Waals surface area contributed by atoms with Gasteiger partial charge in [-0.2, -0.15) is 0 Å². The lowest BCUT2D eigenvalue weighted by Crippen LogP contribution is -2.43. The molecule has 0 unspecified atom stereocenters. The maximum Gasteiger partial charge on any atom is 0.253 e. The summed E-state index contributed by atoms with van der Waals surface area (Å²) in [4.78, 5) is 27.0. The number of amides is 2.